The van der Waals surface area contributed by atoms with Crippen LogP contribution in [0.15, 0.2) is 40.1 Å². The van der Waals surface area contributed by atoms with Gasteiger partial charge in [-0.1, -0.05) is 31.1 Å². The van der Waals surface area contributed by atoms with Gasteiger partial charge in [0, 0.05) is 43.4 Å². The number of benzene rings is 1. The van der Waals surface area contributed by atoms with Gasteiger partial charge in [-0.05, 0) is 36.5 Å². The van der Waals surface area contributed by atoms with Crippen molar-refractivity contribution in [3.63, 3.8) is 0 Å². The number of nitrogens with zero attached hydrogens (tertiary/aromatic N) is 2. The van der Waals surface area contributed by atoms with Crippen LogP contribution >= 0.6 is 0 Å². The van der Waals surface area contributed by atoms with E-state index in [4.69, 9.17) is 4.52 Å². The summed E-state index contributed by atoms with van der Waals surface area (Å²) in [6, 6.07) is 8.41. The first-order valence-corrected chi connectivity index (χ1v) is 9.03. The van der Waals surface area contributed by atoms with Crippen molar-refractivity contribution in [1.82, 2.24) is 5.16 Å². The Morgan fingerprint density at radius 2 is 1.88 bits per heavy atom. The quantitative estimate of drug-likeness (QED) is 0.876. The Balaban J connectivity index is 1.88. The smallest absolute Gasteiger partial charge is 0.233 e. The number of ketones is 1. The number of Topliss-reactive ketones (excluding diaryl/α,β-unsaturated/α-hetero) is 1. The minimum absolute atomic E-state index is 0.0468. The molecule has 2 aromatic rings. The molecule has 5 nitrogen and oxygen atoms in total. The van der Waals surface area contributed by atoms with E-state index in [1.54, 1.807) is 0 Å². The third-order valence-electron chi connectivity index (χ3n) is 5.41. The second kappa shape index (κ2) is 5.73. The van der Waals surface area contributed by atoms with Crippen molar-refractivity contribution in [2.75, 3.05) is 24.3 Å². The summed E-state index contributed by atoms with van der Waals surface area (Å²) < 4.78 is 5.54. The number of anilines is 2. The Labute approximate surface area is 154 Å². The van der Waals surface area contributed by atoms with Gasteiger partial charge in [0.25, 0.3) is 0 Å². The van der Waals surface area contributed by atoms with Crippen LogP contribution in [-0.2, 0) is 4.79 Å². The molecule has 0 saturated carbocycles. The first-order chi connectivity index (χ1) is 12.3. The molecule has 1 atom stereocenters. The first-order valence-electron chi connectivity index (χ1n) is 9.03. The van der Waals surface area contributed by atoms with Crippen molar-refractivity contribution >= 4 is 17.4 Å². The zero-order chi connectivity index (χ0) is 18.6. The molecule has 0 spiro atoms. The van der Waals surface area contributed by atoms with Crippen molar-refractivity contribution in [2.24, 2.45) is 5.41 Å². The lowest BCUT2D eigenvalue weighted by Crippen LogP contribution is -2.33. The fourth-order valence-corrected chi connectivity index (χ4v) is 4.17. The predicted molar refractivity (Wildman–Crippen MR) is 103 cm³/mol. The standard InChI is InChI=1S/C21H25N3O2/c1-12-17-18(13-6-8-14(9-7-13)24(4)5)19-15(22-20(17)26-23-12)10-21(2,3)11-16(19)25/h6-9,18,22H,10-11H2,1-5H3. The molecule has 1 aliphatic carbocycles. The monoisotopic (exact) mass is 351 g/mol. The molecule has 0 saturated heterocycles. The molecule has 1 aromatic heterocycles. The van der Waals surface area contributed by atoms with Crippen LogP contribution in [0.1, 0.15) is 49.4 Å². The number of carbonyl (C=O) groups excluding carboxylic acids is 1. The Morgan fingerprint density at radius 1 is 1.19 bits per heavy atom. The Bertz CT molecular complexity index is 904. The predicted octanol–water partition coefficient (Wildman–Crippen LogP) is 4.25. The van der Waals surface area contributed by atoms with Crippen LogP contribution in [0, 0.1) is 12.3 Å². The van der Waals surface area contributed by atoms with Crippen molar-refractivity contribution in [1.29, 1.82) is 0 Å². The minimum Gasteiger partial charge on any atom is -0.378 e. The highest BCUT2D eigenvalue weighted by Crippen LogP contribution is 2.49. The Kier molecular flexibility index (Phi) is 3.72. The summed E-state index contributed by atoms with van der Waals surface area (Å²) in [5.41, 5.74) is 5.86. The first kappa shape index (κ1) is 16.9. The number of hydrogen-bond acceptors (Lipinski definition) is 5. The number of fused-ring (bicyclic) bond motifs is 1. The van der Waals surface area contributed by atoms with E-state index in [0.717, 1.165) is 40.2 Å². The van der Waals surface area contributed by atoms with Crippen LogP contribution in [0.4, 0.5) is 11.6 Å². The summed E-state index contributed by atoms with van der Waals surface area (Å²) in [6.45, 7) is 6.21. The third kappa shape index (κ3) is 2.62. The molecule has 2 heterocycles. The van der Waals surface area contributed by atoms with Gasteiger partial charge in [0.05, 0.1) is 11.3 Å². The van der Waals surface area contributed by atoms with Crippen LogP contribution in [0.3, 0.4) is 0 Å². The maximum atomic E-state index is 13.1. The van der Waals surface area contributed by atoms with Gasteiger partial charge in [0.15, 0.2) is 5.78 Å². The summed E-state index contributed by atoms with van der Waals surface area (Å²) in [7, 11) is 4.05. The highest BCUT2D eigenvalue weighted by Gasteiger charge is 2.42. The summed E-state index contributed by atoms with van der Waals surface area (Å²) in [6.07, 6.45) is 1.40. The van der Waals surface area contributed by atoms with Gasteiger partial charge in [-0.15, -0.1) is 0 Å². The van der Waals surface area contributed by atoms with Gasteiger partial charge in [-0.25, -0.2) is 0 Å². The fraction of sp³-hybridized carbons (Fsp3) is 0.429. The lowest BCUT2D eigenvalue weighted by molar-refractivity contribution is -0.118. The minimum atomic E-state index is -0.118. The van der Waals surface area contributed by atoms with Crippen LogP contribution in [0.25, 0.3) is 0 Å². The van der Waals surface area contributed by atoms with E-state index in [1.807, 2.05) is 21.0 Å². The summed E-state index contributed by atoms with van der Waals surface area (Å²) >= 11 is 0. The summed E-state index contributed by atoms with van der Waals surface area (Å²) in [4.78, 5) is 15.2. The number of carbonyl (C=O) groups is 1. The molecule has 26 heavy (non-hydrogen) atoms. The zero-order valence-electron chi connectivity index (χ0n) is 16.0. The third-order valence-corrected chi connectivity index (χ3v) is 5.41. The van der Waals surface area contributed by atoms with Crippen molar-refractivity contribution in [3.05, 3.63) is 52.4 Å². The number of rotatable bonds is 2. The van der Waals surface area contributed by atoms with E-state index in [1.165, 1.54) is 0 Å². The normalized spacial score (nSPS) is 21.1. The summed E-state index contributed by atoms with van der Waals surface area (Å²) in [5, 5.41) is 7.51. The van der Waals surface area contributed by atoms with E-state index in [-0.39, 0.29) is 17.1 Å². The SMILES string of the molecule is Cc1noc2c1C(c1ccc(N(C)C)cc1)C1=C(CC(C)(C)CC1=O)N2. The van der Waals surface area contributed by atoms with Crippen molar-refractivity contribution in [2.45, 2.75) is 39.5 Å². The molecule has 0 bridgehead atoms. The molecular weight excluding hydrogens is 326 g/mol. The van der Waals surface area contributed by atoms with Gasteiger partial charge in [-0.2, -0.15) is 0 Å². The van der Waals surface area contributed by atoms with Crippen LogP contribution in [-0.4, -0.2) is 25.0 Å². The van der Waals surface area contributed by atoms with Crippen LogP contribution in [0.2, 0.25) is 0 Å². The number of nitrogens with one attached hydrogen (secondary N) is 1. The number of aryl methyl sites for hydroxylation is 1. The molecule has 1 aliphatic heterocycles. The topological polar surface area (TPSA) is 58.4 Å². The number of allylic oxidation sites excluding steroid dienone is 2. The lowest BCUT2D eigenvalue weighted by Gasteiger charge is -2.37. The largest absolute Gasteiger partial charge is 0.378 e. The number of aromatic nitrogens is 1. The highest BCUT2D eigenvalue weighted by molar-refractivity contribution is 6.01. The molecule has 2 aliphatic rings. The van der Waals surface area contributed by atoms with Gasteiger partial charge in [-0.3, -0.25) is 4.79 Å². The van der Waals surface area contributed by atoms with Gasteiger partial charge in [0.1, 0.15) is 0 Å². The average molecular weight is 351 g/mol. The molecular formula is C21H25N3O2. The second-order valence-corrected chi connectivity index (χ2v) is 8.39. The molecule has 136 valence electrons. The lowest BCUT2D eigenvalue weighted by atomic mass is 9.69. The number of hydrogen-bond donors (Lipinski definition) is 1. The zero-order valence-corrected chi connectivity index (χ0v) is 16.0. The van der Waals surface area contributed by atoms with Crippen molar-refractivity contribution in [3.8, 4) is 0 Å². The Hall–Kier alpha value is -2.56. The molecule has 1 N–H and O–H groups in total. The van der Waals surface area contributed by atoms with E-state index < -0.39 is 0 Å². The maximum absolute atomic E-state index is 13.1. The van der Waals surface area contributed by atoms with E-state index in [0.29, 0.717) is 12.3 Å². The molecule has 5 heteroatoms. The van der Waals surface area contributed by atoms with Crippen LogP contribution in [0.5, 0.6) is 0 Å². The summed E-state index contributed by atoms with van der Waals surface area (Å²) in [5.74, 6) is 0.775. The molecule has 0 fully saturated rings. The van der Waals surface area contributed by atoms with Crippen LogP contribution < -0.4 is 10.2 Å². The molecule has 0 amide bonds. The van der Waals surface area contributed by atoms with E-state index >= 15 is 0 Å². The van der Waals surface area contributed by atoms with E-state index in [2.05, 4.69) is 53.5 Å². The maximum Gasteiger partial charge on any atom is 0.233 e. The van der Waals surface area contributed by atoms with E-state index in [9.17, 15) is 4.79 Å². The highest BCUT2D eigenvalue weighted by atomic mass is 16.5. The van der Waals surface area contributed by atoms with Gasteiger partial charge < -0.3 is 14.7 Å². The van der Waals surface area contributed by atoms with Gasteiger partial charge in [0.2, 0.25) is 5.88 Å². The Morgan fingerprint density at radius 3 is 2.54 bits per heavy atom. The average Bonchev–Trinajstić information content (AvgIpc) is 2.93. The van der Waals surface area contributed by atoms with Gasteiger partial charge >= 0.3 is 0 Å². The van der Waals surface area contributed by atoms with Crippen molar-refractivity contribution < 1.29 is 9.32 Å². The fourth-order valence-electron chi connectivity index (χ4n) is 4.17. The molecule has 1 aromatic carbocycles. The second-order valence-electron chi connectivity index (χ2n) is 8.39. The molecule has 4 rings (SSSR count). The molecule has 1 unspecified atom stereocenters. The molecule has 0 radical (unpaired) electrons.